The Morgan fingerprint density at radius 1 is 0.844 bits per heavy atom. The number of hydrogen-bond donors (Lipinski definition) is 0. The topological polar surface area (TPSA) is 52.6 Å². The van der Waals surface area contributed by atoms with Crippen LogP contribution in [0.15, 0.2) is 72.8 Å². The summed E-state index contributed by atoms with van der Waals surface area (Å²) in [5.41, 5.74) is 0.928. The molecule has 0 aromatic heterocycles. The van der Waals surface area contributed by atoms with Crippen molar-refractivity contribution in [1.29, 1.82) is 0 Å². The summed E-state index contributed by atoms with van der Waals surface area (Å²) in [6.45, 7) is 0.160. The number of benzene rings is 3. The summed E-state index contributed by atoms with van der Waals surface area (Å²) < 4.78 is 74.2. The van der Waals surface area contributed by atoms with Gasteiger partial charge in [-0.15, -0.1) is 0 Å². The first kappa shape index (κ1) is 23.7. The fourth-order valence-electron chi connectivity index (χ4n) is 3.08. The molecule has 0 aliphatic heterocycles. The van der Waals surface area contributed by atoms with E-state index in [1.165, 1.54) is 6.07 Å². The van der Waals surface area contributed by atoms with Crippen LogP contribution < -0.4 is 9.47 Å². The lowest BCUT2D eigenvalue weighted by Crippen LogP contribution is -2.12. The molecule has 3 rings (SSSR count). The van der Waals surface area contributed by atoms with Gasteiger partial charge >= 0.3 is 6.18 Å². The Bertz CT molecular complexity index is 1140. The first-order valence-corrected chi connectivity index (χ1v) is 12.0. The van der Waals surface area contributed by atoms with Crippen molar-refractivity contribution < 1.29 is 31.1 Å². The first-order valence-electron chi connectivity index (χ1n) is 9.91. The molecule has 0 radical (unpaired) electrons. The summed E-state index contributed by atoms with van der Waals surface area (Å²) in [4.78, 5) is 0. The largest absolute Gasteiger partial charge is 0.493 e. The van der Waals surface area contributed by atoms with Gasteiger partial charge in [-0.25, -0.2) is 8.42 Å². The third-order valence-corrected chi connectivity index (χ3v) is 5.64. The fourth-order valence-corrected chi connectivity index (χ4v) is 3.73. The van der Waals surface area contributed by atoms with Crippen molar-refractivity contribution in [2.45, 2.75) is 19.2 Å². The van der Waals surface area contributed by atoms with Gasteiger partial charge in [0.25, 0.3) is 0 Å². The molecule has 0 bridgehead atoms. The van der Waals surface area contributed by atoms with Crippen LogP contribution in [0.25, 0.3) is 11.1 Å². The Labute approximate surface area is 185 Å². The monoisotopic (exact) mass is 464 g/mol. The second-order valence-corrected chi connectivity index (χ2v) is 9.60. The molecule has 3 aromatic rings. The fraction of sp³-hybridized carbons (Fsp3) is 0.250. The van der Waals surface area contributed by atoms with Crippen molar-refractivity contribution in [2.75, 3.05) is 18.6 Å². The Balaban J connectivity index is 1.77. The summed E-state index contributed by atoms with van der Waals surface area (Å²) >= 11 is 0. The quantitative estimate of drug-likeness (QED) is 0.378. The minimum absolute atomic E-state index is 0.112. The lowest BCUT2D eigenvalue weighted by atomic mass is 10.0. The molecule has 0 unspecified atom stereocenters. The molecule has 32 heavy (non-hydrogen) atoms. The third-order valence-electron chi connectivity index (χ3n) is 4.61. The van der Waals surface area contributed by atoms with Crippen molar-refractivity contribution >= 4 is 9.84 Å². The van der Waals surface area contributed by atoms with Crippen molar-refractivity contribution in [3.05, 3.63) is 83.9 Å². The Kier molecular flexibility index (Phi) is 7.45. The van der Waals surface area contributed by atoms with Gasteiger partial charge in [-0.2, -0.15) is 13.2 Å². The van der Waals surface area contributed by atoms with E-state index in [1.807, 2.05) is 36.4 Å². The molecule has 8 heteroatoms. The van der Waals surface area contributed by atoms with E-state index in [0.29, 0.717) is 16.9 Å². The number of halogens is 3. The van der Waals surface area contributed by atoms with Gasteiger partial charge in [0.1, 0.15) is 27.9 Å². The molecule has 3 aromatic carbocycles. The minimum atomic E-state index is -4.61. The molecule has 0 spiro atoms. The Morgan fingerprint density at radius 2 is 1.56 bits per heavy atom. The highest BCUT2D eigenvalue weighted by molar-refractivity contribution is 7.90. The van der Waals surface area contributed by atoms with E-state index in [1.54, 1.807) is 24.3 Å². The first-order chi connectivity index (χ1) is 15.1. The summed E-state index contributed by atoms with van der Waals surface area (Å²) in [5.74, 6) is 0.234. The summed E-state index contributed by atoms with van der Waals surface area (Å²) in [6.07, 6.45) is -3.43. The van der Waals surface area contributed by atoms with E-state index in [4.69, 9.17) is 9.47 Å². The van der Waals surface area contributed by atoms with Crippen LogP contribution in [-0.2, 0) is 22.6 Å². The average Bonchev–Trinajstić information content (AvgIpc) is 2.75. The highest BCUT2D eigenvalue weighted by Crippen LogP contribution is 2.39. The zero-order valence-electron chi connectivity index (χ0n) is 17.4. The van der Waals surface area contributed by atoms with E-state index in [9.17, 15) is 21.6 Å². The van der Waals surface area contributed by atoms with Gasteiger partial charge in [-0.1, -0.05) is 42.5 Å². The molecule has 0 saturated heterocycles. The predicted octanol–water partition coefficient (Wildman–Crippen LogP) is 5.76. The summed E-state index contributed by atoms with van der Waals surface area (Å²) in [6, 6.07) is 20.2. The van der Waals surface area contributed by atoms with Crippen molar-refractivity contribution in [3.63, 3.8) is 0 Å². The summed E-state index contributed by atoms with van der Waals surface area (Å²) in [5, 5.41) is 0. The number of para-hydroxylation sites is 1. The van der Waals surface area contributed by atoms with Gasteiger partial charge in [0.15, 0.2) is 0 Å². The van der Waals surface area contributed by atoms with Gasteiger partial charge in [0, 0.05) is 6.26 Å². The van der Waals surface area contributed by atoms with E-state index in [0.717, 1.165) is 17.9 Å². The van der Waals surface area contributed by atoms with Crippen LogP contribution in [0.2, 0.25) is 0 Å². The van der Waals surface area contributed by atoms with E-state index < -0.39 is 21.6 Å². The van der Waals surface area contributed by atoms with Gasteiger partial charge < -0.3 is 9.47 Å². The zero-order chi connectivity index (χ0) is 23.2. The molecule has 0 aliphatic rings. The molecule has 0 heterocycles. The molecule has 0 fully saturated rings. The molecule has 0 amide bonds. The van der Waals surface area contributed by atoms with Crippen LogP contribution in [0.4, 0.5) is 13.2 Å². The van der Waals surface area contributed by atoms with Gasteiger partial charge in [0.2, 0.25) is 0 Å². The van der Waals surface area contributed by atoms with Crippen molar-refractivity contribution in [3.8, 4) is 22.6 Å². The number of alkyl halides is 3. The van der Waals surface area contributed by atoms with E-state index >= 15 is 0 Å². The molecule has 0 atom stereocenters. The molecular formula is C24H23F3O4S. The average molecular weight is 465 g/mol. The van der Waals surface area contributed by atoms with Crippen LogP contribution >= 0.6 is 0 Å². The highest BCUT2D eigenvalue weighted by Gasteiger charge is 2.34. The highest BCUT2D eigenvalue weighted by atomic mass is 32.2. The maximum absolute atomic E-state index is 13.6. The second kappa shape index (κ2) is 10.1. The molecule has 0 N–H and O–H groups in total. The Morgan fingerprint density at radius 3 is 2.25 bits per heavy atom. The number of hydrogen-bond acceptors (Lipinski definition) is 4. The predicted molar refractivity (Wildman–Crippen MR) is 117 cm³/mol. The van der Waals surface area contributed by atoms with Crippen LogP contribution in [0, 0.1) is 0 Å². The SMILES string of the molecule is CS(=O)(=O)CCCOc1ccc(-c2cccc(COc3ccccc3)c2)cc1C(F)(F)F. The van der Waals surface area contributed by atoms with Crippen molar-refractivity contribution in [1.82, 2.24) is 0 Å². The van der Waals surface area contributed by atoms with E-state index in [-0.39, 0.29) is 31.1 Å². The summed E-state index contributed by atoms with van der Waals surface area (Å²) in [7, 11) is -3.20. The molecule has 0 saturated carbocycles. The van der Waals surface area contributed by atoms with Gasteiger partial charge in [0.05, 0.1) is 17.9 Å². The molecule has 0 aliphatic carbocycles. The van der Waals surface area contributed by atoms with Crippen LogP contribution in [0.5, 0.6) is 11.5 Å². The smallest absolute Gasteiger partial charge is 0.419 e. The molecule has 4 nitrogen and oxygen atoms in total. The Hall–Kier alpha value is -3.00. The lowest BCUT2D eigenvalue weighted by molar-refractivity contribution is -0.138. The second-order valence-electron chi connectivity index (χ2n) is 7.34. The maximum Gasteiger partial charge on any atom is 0.419 e. The maximum atomic E-state index is 13.6. The van der Waals surface area contributed by atoms with Crippen LogP contribution in [-0.4, -0.2) is 27.0 Å². The molecular weight excluding hydrogens is 441 g/mol. The molecule has 170 valence electrons. The van der Waals surface area contributed by atoms with Crippen LogP contribution in [0.3, 0.4) is 0 Å². The van der Waals surface area contributed by atoms with Gasteiger partial charge in [-0.05, 0) is 53.4 Å². The van der Waals surface area contributed by atoms with Crippen LogP contribution in [0.1, 0.15) is 17.5 Å². The van der Waals surface area contributed by atoms with Gasteiger partial charge in [-0.3, -0.25) is 0 Å². The standard InChI is InChI=1S/C24H23F3O4S/c1-32(28,29)14-6-13-30-23-12-11-20(16-22(23)24(25,26)27)19-8-5-7-18(15-19)17-31-21-9-3-2-4-10-21/h2-5,7-12,15-16H,6,13-14,17H2,1H3. The minimum Gasteiger partial charge on any atom is -0.493 e. The lowest BCUT2D eigenvalue weighted by Gasteiger charge is -2.16. The normalized spacial score (nSPS) is 11.9. The number of ether oxygens (including phenoxy) is 2. The van der Waals surface area contributed by atoms with Crippen molar-refractivity contribution in [2.24, 2.45) is 0 Å². The third kappa shape index (κ3) is 7.02. The number of rotatable bonds is 9. The zero-order valence-corrected chi connectivity index (χ0v) is 18.2. The number of sulfone groups is 1. The van der Waals surface area contributed by atoms with E-state index in [2.05, 4.69) is 0 Å².